The van der Waals surface area contributed by atoms with Gasteiger partial charge >= 0.3 is 0 Å². The van der Waals surface area contributed by atoms with E-state index in [4.69, 9.17) is 11.6 Å². The number of carbonyl (C=O) groups excluding carboxylic acids is 1. The van der Waals surface area contributed by atoms with Gasteiger partial charge in [-0.15, -0.1) is 0 Å². The molecule has 1 aromatic heterocycles. The number of carbonyl (C=O) groups is 1. The van der Waals surface area contributed by atoms with Crippen molar-refractivity contribution >= 4 is 17.5 Å². The third-order valence-electron chi connectivity index (χ3n) is 5.31. The summed E-state index contributed by atoms with van der Waals surface area (Å²) in [5, 5.41) is 4.18. The molecule has 0 radical (unpaired) electrons. The summed E-state index contributed by atoms with van der Waals surface area (Å²) in [6.45, 7) is 6.40. The van der Waals surface area contributed by atoms with E-state index in [0.717, 1.165) is 36.6 Å². The molecule has 1 aliphatic rings. The second-order valence-electron chi connectivity index (χ2n) is 7.57. The molecule has 0 bridgehead atoms. The number of pyridine rings is 1. The van der Waals surface area contributed by atoms with E-state index < -0.39 is 0 Å². The lowest BCUT2D eigenvalue weighted by atomic mass is 9.89. The fourth-order valence-corrected chi connectivity index (χ4v) is 3.82. The number of halogens is 1. The van der Waals surface area contributed by atoms with Crippen LogP contribution in [0.3, 0.4) is 0 Å². The predicted molar refractivity (Wildman–Crippen MR) is 110 cm³/mol. The van der Waals surface area contributed by atoms with Crippen LogP contribution in [-0.4, -0.2) is 34.9 Å². The molecule has 0 saturated carbocycles. The maximum absolute atomic E-state index is 13.1. The van der Waals surface area contributed by atoms with Crippen molar-refractivity contribution < 1.29 is 4.79 Å². The van der Waals surface area contributed by atoms with E-state index in [-0.39, 0.29) is 17.9 Å². The molecule has 2 aromatic rings. The molecule has 144 valence electrons. The van der Waals surface area contributed by atoms with Crippen molar-refractivity contribution in [2.24, 2.45) is 5.92 Å². The van der Waals surface area contributed by atoms with Crippen molar-refractivity contribution in [2.75, 3.05) is 13.1 Å². The van der Waals surface area contributed by atoms with Crippen LogP contribution >= 0.6 is 11.6 Å². The third-order valence-corrected chi connectivity index (χ3v) is 5.56. The summed E-state index contributed by atoms with van der Waals surface area (Å²) in [5.41, 5.74) is 2.28. The van der Waals surface area contributed by atoms with Crippen molar-refractivity contribution in [3.63, 3.8) is 0 Å². The van der Waals surface area contributed by atoms with Crippen molar-refractivity contribution in [2.45, 2.75) is 45.2 Å². The fraction of sp³-hybridized carbons (Fsp3) is 0.455. The van der Waals surface area contributed by atoms with Gasteiger partial charge in [-0.25, -0.2) is 0 Å². The smallest absolute Gasteiger partial charge is 0.239 e. The summed E-state index contributed by atoms with van der Waals surface area (Å²) in [4.78, 5) is 19.4. The van der Waals surface area contributed by atoms with Crippen molar-refractivity contribution in [3.8, 4) is 0 Å². The predicted octanol–water partition coefficient (Wildman–Crippen LogP) is 4.26. The zero-order valence-electron chi connectivity index (χ0n) is 16.1. The Balaban J connectivity index is 1.56. The van der Waals surface area contributed by atoms with E-state index in [0.29, 0.717) is 12.5 Å². The number of aromatic nitrogens is 1. The van der Waals surface area contributed by atoms with E-state index in [2.05, 4.69) is 36.3 Å². The topological polar surface area (TPSA) is 45.2 Å². The minimum absolute atomic E-state index is 0.181. The lowest BCUT2D eigenvalue weighted by molar-refractivity contribution is -0.135. The number of nitrogens with one attached hydrogen (secondary N) is 1. The number of piperidine rings is 1. The lowest BCUT2D eigenvalue weighted by Crippen LogP contribution is -2.51. The van der Waals surface area contributed by atoms with Gasteiger partial charge in [0.25, 0.3) is 0 Å². The zero-order chi connectivity index (χ0) is 19.2. The van der Waals surface area contributed by atoms with E-state index >= 15 is 0 Å². The first-order valence-electron chi connectivity index (χ1n) is 9.72. The standard InChI is InChI=1S/C22H28ClN3O/c1-16(2)21(25-15-20-5-3-4-12-24-20)22(27)26-13-10-18(11-14-26)17-6-8-19(23)9-7-17/h3-9,12,16,18,21,25H,10-11,13-15H2,1-2H3. The van der Waals surface area contributed by atoms with Gasteiger partial charge in [0.05, 0.1) is 11.7 Å². The normalized spacial score (nSPS) is 16.5. The highest BCUT2D eigenvalue weighted by molar-refractivity contribution is 6.30. The van der Waals surface area contributed by atoms with Gasteiger partial charge in [0.1, 0.15) is 0 Å². The number of likely N-dealkylation sites (tertiary alicyclic amines) is 1. The van der Waals surface area contributed by atoms with Crippen molar-refractivity contribution in [1.29, 1.82) is 0 Å². The summed E-state index contributed by atoms with van der Waals surface area (Å²) in [7, 11) is 0. The molecule has 1 atom stereocenters. The Bertz CT molecular complexity index is 725. The highest BCUT2D eigenvalue weighted by atomic mass is 35.5. The first-order chi connectivity index (χ1) is 13.0. The Labute approximate surface area is 166 Å². The maximum Gasteiger partial charge on any atom is 0.239 e. The van der Waals surface area contributed by atoms with Crippen LogP contribution in [0.1, 0.15) is 43.9 Å². The van der Waals surface area contributed by atoms with Crippen LogP contribution in [0.25, 0.3) is 0 Å². The van der Waals surface area contributed by atoms with Gasteiger partial charge in [0, 0.05) is 30.9 Å². The van der Waals surface area contributed by atoms with Crippen molar-refractivity contribution in [1.82, 2.24) is 15.2 Å². The van der Waals surface area contributed by atoms with Crippen LogP contribution in [0.4, 0.5) is 0 Å². The van der Waals surface area contributed by atoms with Crippen LogP contribution in [0.15, 0.2) is 48.7 Å². The third kappa shape index (κ3) is 5.30. The summed E-state index contributed by atoms with van der Waals surface area (Å²) in [6.07, 6.45) is 3.78. The van der Waals surface area contributed by atoms with Crippen LogP contribution < -0.4 is 5.32 Å². The summed E-state index contributed by atoms with van der Waals surface area (Å²) < 4.78 is 0. The first kappa shape index (κ1) is 19.8. The van der Waals surface area contributed by atoms with Crippen LogP contribution in [0.2, 0.25) is 5.02 Å². The molecule has 1 saturated heterocycles. The van der Waals surface area contributed by atoms with Gasteiger partial charge in [0.2, 0.25) is 5.91 Å². The van der Waals surface area contributed by atoms with E-state index in [9.17, 15) is 4.79 Å². The molecular formula is C22H28ClN3O. The highest BCUT2D eigenvalue weighted by Gasteiger charge is 2.30. The van der Waals surface area contributed by atoms with E-state index in [1.165, 1.54) is 5.56 Å². The van der Waals surface area contributed by atoms with Gasteiger partial charge < -0.3 is 4.90 Å². The van der Waals surface area contributed by atoms with Gasteiger partial charge in [-0.3, -0.25) is 15.1 Å². The van der Waals surface area contributed by atoms with Crippen molar-refractivity contribution in [3.05, 3.63) is 64.9 Å². The van der Waals surface area contributed by atoms with Crippen LogP contribution in [0, 0.1) is 5.92 Å². The summed E-state index contributed by atoms with van der Waals surface area (Å²) >= 11 is 5.99. The van der Waals surface area contributed by atoms with Gasteiger partial charge in [-0.05, 0) is 54.5 Å². The molecule has 1 aromatic carbocycles. The average molecular weight is 386 g/mol. The zero-order valence-corrected chi connectivity index (χ0v) is 16.8. The van der Waals surface area contributed by atoms with Crippen LogP contribution in [0.5, 0.6) is 0 Å². The minimum Gasteiger partial charge on any atom is -0.341 e. The molecule has 0 aliphatic carbocycles. The lowest BCUT2D eigenvalue weighted by Gasteiger charge is -2.35. The van der Waals surface area contributed by atoms with E-state index in [1.807, 2.05) is 35.2 Å². The number of benzene rings is 1. The largest absolute Gasteiger partial charge is 0.341 e. The molecule has 1 amide bonds. The second-order valence-corrected chi connectivity index (χ2v) is 8.01. The Morgan fingerprint density at radius 3 is 2.48 bits per heavy atom. The Hall–Kier alpha value is -1.91. The monoisotopic (exact) mass is 385 g/mol. The Morgan fingerprint density at radius 1 is 1.19 bits per heavy atom. The SMILES string of the molecule is CC(C)C(NCc1ccccn1)C(=O)N1CCC(c2ccc(Cl)cc2)CC1. The number of rotatable bonds is 6. The molecule has 1 aliphatic heterocycles. The van der Waals surface area contributed by atoms with Gasteiger partial charge in [0.15, 0.2) is 0 Å². The summed E-state index contributed by atoms with van der Waals surface area (Å²) in [5.74, 6) is 0.941. The number of amides is 1. The van der Waals surface area contributed by atoms with Crippen LogP contribution in [-0.2, 0) is 11.3 Å². The average Bonchev–Trinajstić information content (AvgIpc) is 2.69. The molecule has 5 heteroatoms. The van der Waals surface area contributed by atoms with Gasteiger partial charge in [-0.2, -0.15) is 0 Å². The maximum atomic E-state index is 13.1. The fourth-order valence-electron chi connectivity index (χ4n) is 3.69. The molecule has 27 heavy (non-hydrogen) atoms. The second kappa shape index (κ2) is 9.34. The molecule has 2 heterocycles. The summed E-state index contributed by atoms with van der Waals surface area (Å²) in [6, 6.07) is 13.8. The first-order valence-corrected chi connectivity index (χ1v) is 10.1. The Kier molecular flexibility index (Phi) is 6.86. The minimum atomic E-state index is -0.181. The number of hydrogen-bond donors (Lipinski definition) is 1. The molecule has 1 N–H and O–H groups in total. The quantitative estimate of drug-likeness (QED) is 0.808. The number of hydrogen-bond acceptors (Lipinski definition) is 3. The molecule has 4 nitrogen and oxygen atoms in total. The highest BCUT2D eigenvalue weighted by Crippen LogP contribution is 2.29. The molecule has 1 fully saturated rings. The van der Waals surface area contributed by atoms with Gasteiger partial charge in [-0.1, -0.05) is 43.6 Å². The molecule has 1 unspecified atom stereocenters. The molecule has 3 rings (SSSR count). The molecule has 0 spiro atoms. The Morgan fingerprint density at radius 2 is 1.89 bits per heavy atom. The number of nitrogens with zero attached hydrogens (tertiary/aromatic N) is 2. The van der Waals surface area contributed by atoms with E-state index in [1.54, 1.807) is 6.20 Å². The molecular weight excluding hydrogens is 358 g/mol.